The van der Waals surface area contributed by atoms with Gasteiger partial charge in [0.1, 0.15) is 0 Å². The van der Waals surface area contributed by atoms with Crippen molar-refractivity contribution in [3.63, 3.8) is 0 Å². The molecule has 0 saturated heterocycles. The summed E-state index contributed by atoms with van der Waals surface area (Å²) in [4.78, 5) is 3.37. The van der Waals surface area contributed by atoms with Crippen LogP contribution in [0.15, 0.2) is 18.2 Å². The van der Waals surface area contributed by atoms with Gasteiger partial charge in [0.25, 0.3) is 0 Å². The quantitative estimate of drug-likeness (QED) is 0.535. The average molecular weight is 145 g/mol. The van der Waals surface area contributed by atoms with Crippen molar-refractivity contribution in [2.45, 2.75) is 20.3 Å². The molecule has 0 radical (unpaired) electrons. The Morgan fingerprint density at radius 3 is 2.73 bits per heavy atom. The summed E-state index contributed by atoms with van der Waals surface area (Å²) in [7, 11) is 0. The van der Waals surface area contributed by atoms with Gasteiger partial charge in [-0.3, -0.25) is 0 Å². The van der Waals surface area contributed by atoms with Crippen LogP contribution in [-0.2, 0) is 6.42 Å². The molecule has 0 heterocycles. The number of nitrogens with zero attached hydrogens (tertiary/aromatic N) is 1. The van der Waals surface area contributed by atoms with E-state index in [1.165, 1.54) is 11.1 Å². The molecule has 1 aromatic rings. The lowest BCUT2D eigenvalue weighted by molar-refractivity contribution is 1.11. The van der Waals surface area contributed by atoms with Crippen LogP contribution in [0.25, 0.3) is 4.85 Å². The Morgan fingerprint density at radius 2 is 2.18 bits per heavy atom. The van der Waals surface area contributed by atoms with E-state index in [1.54, 1.807) is 0 Å². The lowest BCUT2D eigenvalue weighted by Gasteiger charge is -2.01. The minimum atomic E-state index is 0.743. The minimum absolute atomic E-state index is 0.743. The van der Waals surface area contributed by atoms with Gasteiger partial charge in [-0.25, -0.2) is 4.85 Å². The first-order valence-corrected chi connectivity index (χ1v) is 3.75. The maximum Gasteiger partial charge on any atom is 0.187 e. The van der Waals surface area contributed by atoms with Gasteiger partial charge in [-0.15, -0.1) is 0 Å². The molecule has 0 saturated carbocycles. The van der Waals surface area contributed by atoms with Gasteiger partial charge in [-0.2, -0.15) is 0 Å². The summed E-state index contributed by atoms with van der Waals surface area (Å²) in [5.74, 6) is 0. The first-order chi connectivity index (χ1) is 5.27. The number of hydrogen-bond acceptors (Lipinski definition) is 0. The highest BCUT2D eigenvalue weighted by Gasteiger charge is 1.96. The smallest absolute Gasteiger partial charge is 0.187 e. The van der Waals surface area contributed by atoms with Crippen LogP contribution >= 0.6 is 0 Å². The second-order valence-electron chi connectivity index (χ2n) is 2.58. The molecule has 0 N–H and O–H groups in total. The summed E-state index contributed by atoms with van der Waals surface area (Å²) in [5, 5.41) is 0. The van der Waals surface area contributed by atoms with E-state index in [4.69, 9.17) is 6.57 Å². The van der Waals surface area contributed by atoms with Crippen LogP contribution in [0.2, 0.25) is 0 Å². The van der Waals surface area contributed by atoms with Gasteiger partial charge in [0.15, 0.2) is 5.69 Å². The summed E-state index contributed by atoms with van der Waals surface area (Å²) in [6.07, 6.45) is 1.01. The first kappa shape index (κ1) is 7.81. The Hall–Kier alpha value is -1.29. The Bertz CT molecular complexity index is 294. The predicted molar refractivity (Wildman–Crippen MR) is 46.8 cm³/mol. The highest BCUT2D eigenvalue weighted by Crippen LogP contribution is 2.17. The summed E-state index contributed by atoms with van der Waals surface area (Å²) >= 11 is 0. The zero-order chi connectivity index (χ0) is 8.27. The van der Waals surface area contributed by atoms with Gasteiger partial charge in [-0.1, -0.05) is 36.2 Å². The van der Waals surface area contributed by atoms with Crippen LogP contribution in [0.3, 0.4) is 0 Å². The zero-order valence-electron chi connectivity index (χ0n) is 6.89. The standard InChI is InChI=1S/C10H11N/c1-4-9-7-10(11-3)6-5-8(9)2/h5-7H,4H2,1-2H3. The highest BCUT2D eigenvalue weighted by atomic mass is 14.6. The van der Waals surface area contributed by atoms with Crippen molar-refractivity contribution in [3.05, 3.63) is 40.7 Å². The number of benzene rings is 1. The van der Waals surface area contributed by atoms with Crippen molar-refractivity contribution in [3.8, 4) is 0 Å². The van der Waals surface area contributed by atoms with E-state index >= 15 is 0 Å². The van der Waals surface area contributed by atoms with Gasteiger partial charge < -0.3 is 0 Å². The maximum atomic E-state index is 6.81. The summed E-state index contributed by atoms with van der Waals surface area (Å²) < 4.78 is 0. The van der Waals surface area contributed by atoms with Crippen molar-refractivity contribution in [1.82, 2.24) is 0 Å². The monoisotopic (exact) mass is 145 g/mol. The van der Waals surface area contributed by atoms with E-state index in [1.807, 2.05) is 18.2 Å². The Morgan fingerprint density at radius 1 is 1.45 bits per heavy atom. The summed E-state index contributed by atoms with van der Waals surface area (Å²) in [6.45, 7) is 11.0. The molecule has 0 spiro atoms. The lowest BCUT2D eigenvalue weighted by Crippen LogP contribution is -1.83. The zero-order valence-corrected chi connectivity index (χ0v) is 6.89. The highest BCUT2D eigenvalue weighted by molar-refractivity contribution is 5.49. The minimum Gasteiger partial charge on any atom is -0.238 e. The molecule has 1 nitrogen and oxygen atoms in total. The van der Waals surface area contributed by atoms with Gasteiger partial charge >= 0.3 is 0 Å². The molecule has 56 valence electrons. The molecule has 11 heavy (non-hydrogen) atoms. The third kappa shape index (κ3) is 1.59. The molecule has 0 fully saturated rings. The average Bonchev–Trinajstić information content (AvgIpc) is 2.05. The Balaban J connectivity index is 3.15. The van der Waals surface area contributed by atoms with Crippen molar-refractivity contribution >= 4 is 5.69 Å². The molecule has 1 heteroatoms. The number of aryl methyl sites for hydroxylation is 2. The molecule has 0 unspecified atom stereocenters. The molecule has 1 rings (SSSR count). The van der Waals surface area contributed by atoms with Gasteiger partial charge in [-0.05, 0) is 13.3 Å². The second-order valence-corrected chi connectivity index (χ2v) is 2.58. The van der Waals surface area contributed by atoms with E-state index < -0.39 is 0 Å². The van der Waals surface area contributed by atoms with E-state index in [9.17, 15) is 0 Å². The fourth-order valence-corrected chi connectivity index (χ4v) is 1.11. The van der Waals surface area contributed by atoms with Crippen molar-refractivity contribution in [1.29, 1.82) is 0 Å². The summed E-state index contributed by atoms with van der Waals surface area (Å²) in [6, 6.07) is 5.83. The van der Waals surface area contributed by atoms with E-state index in [0.717, 1.165) is 12.1 Å². The molecule has 0 amide bonds. The molecule has 0 aromatic heterocycles. The van der Waals surface area contributed by atoms with Crippen LogP contribution < -0.4 is 0 Å². The van der Waals surface area contributed by atoms with E-state index in [-0.39, 0.29) is 0 Å². The van der Waals surface area contributed by atoms with Gasteiger partial charge in [0, 0.05) is 0 Å². The fraction of sp³-hybridized carbons (Fsp3) is 0.300. The fourth-order valence-electron chi connectivity index (χ4n) is 1.11. The number of hydrogen-bond donors (Lipinski definition) is 0. The Kier molecular flexibility index (Phi) is 2.28. The second kappa shape index (κ2) is 3.21. The molecule has 0 aliphatic carbocycles. The first-order valence-electron chi connectivity index (χ1n) is 3.75. The van der Waals surface area contributed by atoms with E-state index in [0.29, 0.717) is 0 Å². The normalized spacial score (nSPS) is 9.18. The van der Waals surface area contributed by atoms with Gasteiger partial charge in [0.2, 0.25) is 0 Å². The largest absolute Gasteiger partial charge is 0.238 e. The van der Waals surface area contributed by atoms with Gasteiger partial charge in [0.05, 0.1) is 6.57 Å². The van der Waals surface area contributed by atoms with Crippen LogP contribution in [0.4, 0.5) is 5.69 Å². The molecule has 0 aliphatic rings. The summed E-state index contributed by atoms with van der Waals surface area (Å²) in [5.41, 5.74) is 3.30. The van der Waals surface area contributed by atoms with Crippen LogP contribution in [0.1, 0.15) is 18.1 Å². The predicted octanol–water partition coefficient (Wildman–Crippen LogP) is 3.11. The molecular weight excluding hydrogens is 134 g/mol. The SMILES string of the molecule is [C-]#[N+]c1ccc(C)c(CC)c1. The van der Waals surface area contributed by atoms with Crippen molar-refractivity contribution in [2.24, 2.45) is 0 Å². The van der Waals surface area contributed by atoms with Crippen molar-refractivity contribution < 1.29 is 0 Å². The lowest BCUT2D eigenvalue weighted by atomic mass is 10.1. The van der Waals surface area contributed by atoms with Crippen LogP contribution in [0, 0.1) is 13.5 Å². The maximum absolute atomic E-state index is 6.81. The van der Waals surface area contributed by atoms with Crippen LogP contribution in [0.5, 0.6) is 0 Å². The molecule has 0 atom stereocenters. The number of rotatable bonds is 1. The Labute approximate surface area is 67.5 Å². The van der Waals surface area contributed by atoms with Crippen LogP contribution in [-0.4, -0.2) is 0 Å². The molecule has 0 bridgehead atoms. The third-order valence-corrected chi connectivity index (χ3v) is 1.84. The molecule has 1 aromatic carbocycles. The third-order valence-electron chi connectivity index (χ3n) is 1.84. The molecule has 0 aliphatic heterocycles. The topological polar surface area (TPSA) is 4.36 Å². The van der Waals surface area contributed by atoms with Crippen molar-refractivity contribution in [2.75, 3.05) is 0 Å². The van der Waals surface area contributed by atoms with E-state index in [2.05, 4.69) is 18.7 Å². The molecular formula is C10H11N.